The molecule has 0 saturated heterocycles. The predicted octanol–water partition coefficient (Wildman–Crippen LogP) is 6.07. The summed E-state index contributed by atoms with van der Waals surface area (Å²) in [5.74, 6) is 1.02. The number of ether oxygens (including phenoxy) is 1. The monoisotopic (exact) mass is 541 g/mol. The number of primary amides is 1. The number of alkyl halides is 3. The van der Waals surface area contributed by atoms with Crippen LogP contribution < -0.4 is 15.8 Å². The van der Waals surface area contributed by atoms with E-state index < -0.39 is 17.6 Å². The van der Waals surface area contributed by atoms with Crippen LogP contribution in [0.3, 0.4) is 0 Å². The molecule has 208 valence electrons. The molecule has 1 saturated carbocycles. The molecule has 0 unspecified atom stereocenters. The van der Waals surface area contributed by atoms with Crippen molar-refractivity contribution < 1.29 is 22.7 Å². The summed E-state index contributed by atoms with van der Waals surface area (Å²) in [6.07, 6.45) is -3.29. The van der Waals surface area contributed by atoms with Gasteiger partial charge in [-0.25, -0.2) is 9.48 Å². The summed E-state index contributed by atoms with van der Waals surface area (Å²) in [6, 6.07) is 12.4. The van der Waals surface area contributed by atoms with E-state index in [0.717, 1.165) is 33.8 Å². The Morgan fingerprint density at radius 1 is 1.18 bits per heavy atom. The number of anilines is 1. The first-order valence-corrected chi connectivity index (χ1v) is 13.3. The highest BCUT2D eigenvalue weighted by molar-refractivity contribution is 5.88. The Kier molecular flexibility index (Phi) is 7.09. The number of para-hydroxylation sites is 1. The minimum absolute atomic E-state index is 0.00482. The standard InChI is InChI=1S/C29H34F3N5O2/c1-18(2)16-39-24-6-4-5-19(3)25(24)37-26(20-7-9-21(10-8-20)34-27(33)38)22-15-36(14-11-23(22)35-37)17-28(12-13-28)29(30,31)32/h4-10,18H,11-17H2,1-3H3,(H3,33,34,38). The number of nitrogens with two attached hydrogens (primary N) is 1. The second-order valence-corrected chi connectivity index (χ2v) is 11.1. The molecule has 2 heterocycles. The number of fused-ring (bicyclic) bond motifs is 1. The molecule has 0 spiro atoms. The van der Waals surface area contributed by atoms with E-state index >= 15 is 0 Å². The lowest BCUT2D eigenvalue weighted by Gasteiger charge is -2.31. The molecule has 0 radical (unpaired) electrons. The van der Waals surface area contributed by atoms with Gasteiger partial charge in [0, 0.05) is 42.9 Å². The number of nitrogens with one attached hydrogen (secondary N) is 1. The summed E-state index contributed by atoms with van der Waals surface area (Å²) in [5, 5.41) is 7.58. The third kappa shape index (κ3) is 5.48. The van der Waals surface area contributed by atoms with Crippen molar-refractivity contribution in [2.45, 2.75) is 52.8 Å². The number of hydrogen-bond acceptors (Lipinski definition) is 4. The van der Waals surface area contributed by atoms with E-state index in [-0.39, 0.29) is 19.4 Å². The molecule has 10 heteroatoms. The van der Waals surface area contributed by atoms with Crippen molar-refractivity contribution in [2.75, 3.05) is 25.0 Å². The Morgan fingerprint density at radius 3 is 2.51 bits per heavy atom. The predicted molar refractivity (Wildman–Crippen MR) is 144 cm³/mol. The molecule has 0 bridgehead atoms. The van der Waals surface area contributed by atoms with Crippen LogP contribution in [0.1, 0.15) is 43.5 Å². The van der Waals surface area contributed by atoms with Gasteiger partial charge in [0.2, 0.25) is 0 Å². The van der Waals surface area contributed by atoms with Gasteiger partial charge >= 0.3 is 12.2 Å². The fourth-order valence-corrected chi connectivity index (χ4v) is 5.26. The van der Waals surface area contributed by atoms with Gasteiger partial charge in [-0.2, -0.15) is 18.3 Å². The maximum atomic E-state index is 13.8. The fraction of sp³-hybridized carbons (Fsp3) is 0.448. The van der Waals surface area contributed by atoms with E-state index in [2.05, 4.69) is 19.2 Å². The highest BCUT2D eigenvalue weighted by Gasteiger charge is 2.63. The maximum absolute atomic E-state index is 13.8. The molecule has 2 amide bonds. The van der Waals surface area contributed by atoms with Gasteiger partial charge in [0.15, 0.2) is 0 Å². The van der Waals surface area contributed by atoms with Crippen LogP contribution in [-0.4, -0.2) is 46.6 Å². The van der Waals surface area contributed by atoms with Crippen LogP contribution in [0, 0.1) is 18.3 Å². The van der Waals surface area contributed by atoms with Gasteiger partial charge in [0.05, 0.1) is 23.4 Å². The summed E-state index contributed by atoms with van der Waals surface area (Å²) >= 11 is 0. The number of hydrogen-bond donors (Lipinski definition) is 2. The third-order valence-electron chi connectivity index (χ3n) is 7.51. The van der Waals surface area contributed by atoms with Crippen LogP contribution >= 0.6 is 0 Å². The number of aryl methyl sites for hydroxylation is 1. The topological polar surface area (TPSA) is 85.4 Å². The molecule has 1 aliphatic heterocycles. The van der Waals surface area contributed by atoms with Gasteiger partial charge in [-0.15, -0.1) is 0 Å². The van der Waals surface area contributed by atoms with Crippen molar-refractivity contribution in [1.82, 2.24) is 14.7 Å². The number of carbonyl (C=O) groups excluding carboxylic acids is 1. The zero-order chi connectivity index (χ0) is 27.9. The Hall–Kier alpha value is -3.53. The van der Waals surface area contributed by atoms with Crippen LogP contribution in [0.2, 0.25) is 0 Å². The van der Waals surface area contributed by atoms with Gasteiger partial charge in [0.1, 0.15) is 11.4 Å². The largest absolute Gasteiger partial charge is 0.491 e. The maximum Gasteiger partial charge on any atom is 0.395 e. The minimum Gasteiger partial charge on any atom is -0.491 e. The van der Waals surface area contributed by atoms with Crippen LogP contribution in [0.4, 0.5) is 23.7 Å². The normalized spacial score (nSPS) is 16.7. The van der Waals surface area contributed by atoms with Crippen molar-refractivity contribution in [1.29, 1.82) is 0 Å². The van der Waals surface area contributed by atoms with Gasteiger partial charge in [0.25, 0.3) is 0 Å². The van der Waals surface area contributed by atoms with Gasteiger partial charge < -0.3 is 15.8 Å². The first-order chi connectivity index (χ1) is 18.5. The van der Waals surface area contributed by atoms with Crippen molar-refractivity contribution in [3.8, 4) is 22.7 Å². The minimum atomic E-state index is -4.20. The van der Waals surface area contributed by atoms with E-state index in [1.807, 2.05) is 46.8 Å². The number of carbonyl (C=O) groups is 1. The van der Waals surface area contributed by atoms with Gasteiger partial charge in [-0.3, -0.25) is 4.90 Å². The lowest BCUT2D eigenvalue weighted by atomic mass is 9.98. The summed E-state index contributed by atoms with van der Waals surface area (Å²) in [4.78, 5) is 13.2. The average Bonchev–Trinajstić information content (AvgIpc) is 3.56. The highest BCUT2D eigenvalue weighted by atomic mass is 19.4. The Bertz CT molecular complexity index is 1360. The van der Waals surface area contributed by atoms with E-state index in [4.69, 9.17) is 15.6 Å². The second kappa shape index (κ2) is 10.2. The van der Waals surface area contributed by atoms with Crippen molar-refractivity contribution in [3.63, 3.8) is 0 Å². The van der Waals surface area contributed by atoms with Crippen LogP contribution in [0.25, 0.3) is 16.9 Å². The average molecular weight is 542 g/mol. The zero-order valence-electron chi connectivity index (χ0n) is 22.4. The fourth-order valence-electron chi connectivity index (χ4n) is 5.26. The lowest BCUT2D eigenvalue weighted by molar-refractivity contribution is -0.192. The molecule has 0 atom stereocenters. The second-order valence-electron chi connectivity index (χ2n) is 11.1. The van der Waals surface area contributed by atoms with Gasteiger partial charge in [-0.1, -0.05) is 38.1 Å². The Labute approximate surface area is 226 Å². The summed E-state index contributed by atoms with van der Waals surface area (Å²) < 4.78 is 49.4. The number of amides is 2. The molecule has 1 fully saturated rings. The molecule has 3 N–H and O–H groups in total. The quantitative estimate of drug-likeness (QED) is 0.362. The smallest absolute Gasteiger partial charge is 0.395 e. The number of urea groups is 1. The molecule has 2 aliphatic rings. The first-order valence-electron chi connectivity index (χ1n) is 13.3. The van der Waals surface area contributed by atoms with Crippen molar-refractivity contribution >= 4 is 11.7 Å². The molecule has 7 nitrogen and oxygen atoms in total. The molecule has 5 rings (SSSR count). The van der Waals surface area contributed by atoms with E-state index in [1.54, 1.807) is 12.1 Å². The van der Waals surface area contributed by atoms with E-state index in [1.165, 1.54) is 0 Å². The SMILES string of the molecule is Cc1cccc(OCC(C)C)c1-n1nc2c(c1-c1ccc(NC(N)=O)cc1)CN(CC1(C(F)(F)F)CC1)CC2. The molecule has 1 aromatic heterocycles. The number of aromatic nitrogens is 2. The van der Waals surface area contributed by atoms with E-state index in [0.29, 0.717) is 43.5 Å². The van der Waals surface area contributed by atoms with Crippen LogP contribution in [-0.2, 0) is 13.0 Å². The lowest BCUT2D eigenvalue weighted by Crippen LogP contribution is -2.40. The van der Waals surface area contributed by atoms with Crippen LogP contribution in [0.5, 0.6) is 5.75 Å². The first kappa shape index (κ1) is 27.1. The van der Waals surface area contributed by atoms with E-state index in [9.17, 15) is 18.0 Å². The van der Waals surface area contributed by atoms with Crippen molar-refractivity contribution in [2.24, 2.45) is 17.1 Å². The molecular formula is C29H34F3N5O2. The third-order valence-corrected chi connectivity index (χ3v) is 7.51. The number of benzene rings is 2. The molecular weight excluding hydrogens is 507 g/mol. The summed E-state index contributed by atoms with van der Waals surface area (Å²) in [5.41, 5.74) is 9.41. The van der Waals surface area contributed by atoms with Gasteiger partial charge in [-0.05, 0) is 49.4 Å². The highest BCUT2D eigenvalue weighted by Crippen LogP contribution is 2.58. The molecule has 39 heavy (non-hydrogen) atoms. The molecule has 3 aromatic rings. The van der Waals surface area contributed by atoms with Crippen molar-refractivity contribution in [3.05, 3.63) is 59.3 Å². The zero-order valence-corrected chi connectivity index (χ0v) is 22.4. The molecule has 2 aromatic carbocycles. The number of nitrogens with zero attached hydrogens (tertiary/aromatic N) is 3. The Morgan fingerprint density at radius 2 is 1.90 bits per heavy atom. The molecule has 1 aliphatic carbocycles. The summed E-state index contributed by atoms with van der Waals surface area (Å²) in [6.45, 7) is 7.58. The number of halogens is 3. The Balaban J connectivity index is 1.59. The summed E-state index contributed by atoms with van der Waals surface area (Å²) in [7, 11) is 0. The number of rotatable bonds is 8. The van der Waals surface area contributed by atoms with Crippen LogP contribution in [0.15, 0.2) is 42.5 Å².